The van der Waals surface area contributed by atoms with Gasteiger partial charge in [-0.05, 0) is 30.0 Å². The van der Waals surface area contributed by atoms with E-state index >= 15 is 0 Å². The summed E-state index contributed by atoms with van der Waals surface area (Å²) in [5.41, 5.74) is 8.00. The lowest BCUT2D eigenvalue weighted by atomic mass is 9.99. The highest BCUT2D eigenvalue weighted by atomic mass is 15.3. The van der Waals surface area contributed by atoms with Crippen molar-refractivity contribution in [2.45, 2.75) is 26.2 Å². The second kappa shape index (κ2) is 4.39. The number of aromatic nitrogens is 2. The topological polar surface area (TPSA) is 43.8 Å². The van der Waals surface area contributed by atoms with Crippen LogP contribution in [0.2, 0.25) is 0 Å². The van der Waals surface area contributed by atoms with E-state index in [4.69, 9.17) is 5.73 Å². The summed E-state index contributed by atoms with van der Waals surface area (Å²) in [5.74, 6) is 1.16. The fourth-order valence-corrected chi connectivity index (χ4v) is 1.67. The highest BCUT2D eigenvalue weighted by Gasteiger charge is 2.03. The van der Waals surface area contributed by atoms with Gasteiger partial charge in [0.05, 0.1) is 5.69 Å². The molecule has 1 aromatic carbocycles. The largest absolute Gasteiger partial charge is 0.382 e. The van der Waals surface area contributed by atoms with Crippen molar-refractivity contribution in [1.82, 2.24) is 9.78 Å². The third-order valence-corrected chi connectivity index (χ3v) is 2.95. The normalized spacial score (nSPS) is 12.6. The highest BCUT2D eigenvalue weighted by molar-refractivity contribution is 5.37. The number of anilines is 1. The molecule has 0 saturated heterocycles. The van der Waals surface area contributed by atoms with Gasteiger partial charge in [-0.1, -0.05) is 26.0 Å². The summed E-state index contributed by atoms with van der Waals surface area (Å²) >= 11 is 0. The molecule has 0 saturated carbocycles. The molecular weight excluding hydrogens is 198 g/mol. The van der Waals surface area contributed by atoms with Gasteiger partial charge < -0.3 is 5.73 Å². The first-order chi connectivity index (χ1) is 7.70. The molecule has 2 aromatic rings. The Balaban J connectivity index is 2.25. The number of nitrogens with two attached hydrogens (primary N) is 1. The van der Waals surface area contributed by atoms with E-state index in [-0.39, 0.29) is 0 Å². The Labute approximate surface area is 95.9 Å². The highest BCUT2D eigenvalue weighted by Crippen LogP contribution is 2.20. The van der Waals surface area contributed by atoms with E-state index in [1.165, 1.54) is 5.56 Å². The smallest absolute Gasteiger partial charge is 0.145 e. The van der Waals surface area contributed by atoms with E-state index in [0.29, 0.717) is 11.7 Å². The zero-order valence-electron chi connectivity index (χ0n) is 9.72. The third-order valence-electron chi connectivity index (χ3n) is 2.95. The van der Waals surface area contributed by atoms with Crippen molar-refractivity contribution in [3.63, 3.8) is 0 Å². The fraction of sp³-hybridized carbons (Fsp3) is 0.308. The molecule has 0 aliphatic rings. The van der Waals surface area contributed by atoms with E-state index in [1.54, 1.807) is 10.7 Å². The van der Waals surface area contributed by atoms with Crippen molar-refractivity contribution in [1.29, 1.82) is 0 Å². The molecule has 0 amide bonds. The number of rotatable bonds is 3. The van der Waals surface area contributed by atoms with Gasteiger partial charge in [0.2, 0.25) is 0 Å². The monoisotopic (exact) mass is 215 g/mol. The van der Waals surface area contributed by atoms with Gasteiger partial charge in [-0.2, -0.15) is 5.10 Å². The summed E-state index contributed by atoms with van der Waals surface area (Å²) < 4.78 is 1.79. The Morgan fingerprint density at radius 2 is 1.94 bits per heavy atom. The minimum Gasteiger partial charge on any atom is -0.382 e. The average Bonchev–Trinajstić information content (AvgIpc) is 2.75. The summed E-state index contributed by atoms with van der Waals surface area (Å²) in [7, 11) is 0. The van der Waals surface area contributed by atoms with Crippen molar-refractivity contribution >= 4 is 5.82 Å². The number of hydrogen-bond acceptors (Lipinski definition) is 2. The molecule has 2 N–H and O–H groups in total. The van der Waals surface area contributed by atoms with E-state index in [2.05, 4.69) is 43.2 Å². The molecule has 1 heterocycles. The van der Waals surface area contributed by atoms with Crippen molar-refractivity contribution < 1.29 is 0 Å². The van der Waals surface area contributed by atoms with Gasteiger partial charge in [0, 0.05) is 12.3 Å². The molecule has 0 spiro atoms. The molecule has 0 aliphatic heterocycles. The van der Waals surface area contributed by atoms with E-state index in [1.807, 2.05) is 6.20 Å². The first-order valence-corrected chi connectivity index (χ1v) is 5.62. The van der Waals surface area contributed by atoms with Crippen molar-refractivity contribution in [3.8, 4) is 5.69 Å². The molecule has 0 bridgehead atoms. The maximum atomic E-state index is 5.58. The molecule has 1 atom stereocenters. The second-order valence-corrected chi connectivity index (χ2v) is 4.09. The Hall–Kier alpha value is -1.77. The van der Waals surface area contributed by atoms with Gasteiger partial charge in [-0.25, -0.2) is 4.68 Å². The summed E-state index contributed by atoms with van der Waals surface area (Å²) in [6.07, 6.45) is 3.03. The summed E-state index contributed by atoms with van der Waals surface area (Å²) in [6.45, 7) is 4.44. The molecular formula is C13H17N3. The maximum absolute atomic E-state index is 5.58. The van der Waals surface area contributed by atoms with Crippen LogP contribution in [0.1, 0.15) is 31.7 Å². The predicted molar refractivity (Wildman–Crippen MR) is 66.7 cm³/mol. The molecule has 3 nitrogen and oxygen atoms in total. The summed E-state index contributed by atoms with van der Waals surface area (Å²) in [6, 6.07) is 10.3. The second-order valence-electron chi connectivity index (χ2n) is 4.09. The van der Waals surface area contributed by atoms with Gasteiger partial charge >= 0.3 is 0 Å². The lowest BCUT2D eigenvalue weighted by Crippen LogP contribution is -1.97. The fourth-order valence-electron chi connectivity index (χ4n) is 1.67. The molecule has 3 heteroatoms. The van der Waals surface area contributed by atoms with Gasteiger partial charge in [0.1, 0.15) is 5.82 Å². The zero-order chi connectivity index (χ0) is 11.5. The van der Waals surface area contributed by atoms with Crippen LogP contribution >= 0.6 is 0 Å². The number of nitrogen functional groups attached to an aromatic ring is 1. The van der Waals surface area contributed by atoms with Crippen molar-refractivity contribution in [3.05, 3.63) is 42.1 Å². The number of benzene rings is 1. The lowest BCUT2D eigenvalue weighted by molar-refractivity contribution is 0.732. The van der Waals surface area contributed by atoms with Gasteiger partial charge in [0.15, 0.2) is 0 Å². The molecule has 16 heavy (non-hydrogen) atoms. The van der Waals surface area contributed by atoms with Crippen molar-refractivity contribution in [2.75, 3.05) is 5.73 Å². The summed E-state index contributed by atoms with van der Waals surface area (Å²) in [4.78, 5) is 0. The number of nitrogens with zero attached hydrogens (tertiary/aromatic N) is 2. The number of hydrogen-bond donors (Lipinski definition) is 1. The molecule has 1 aromatic heterocycles. The van der Waals surface area contributed by atoms with Crippen LogP contribution in [0.15, 0.2) is 36.5 Å². The van der Waals surface area contributed by atoms with E-state index < -0.39 is 0 Å². The van der Waals surface area contributed by atoms with Crippen LogP contribution in [-0.4, -0.2) is 9.78 Å². The first kappa shape index (κ1) is 10.7. The average molecular weight is 215 g/mol. The minimum atomic E-state index is 0.547. The maximum Gasteiger partial charge on any atom is 0.145 e. The van der Waals surface area contributed by atoms with E-state index in [0.717, 1.165) is 12.1 Å². The first-order valence-electron chi connectivity index (χ1n) is 5.62. The van der Waals surface area contributed by atoms with Crippen LogP contribution < -0.4 is 5.73 Å². The third kappa shape index (κ3) is 2.08. The lowest BCUT2D eigenvalue weighted by Gasteiger charge is -2.09. The predicted octanol–water partition coefficient (Wildman–Crippen LogP) is 2.97. The summed E-state index contributed by atoms with van der Waals surface area (Å²) in [5, 5.41) is 4.17. The van der Waals surface area contributed by atoms with Crippen LogP contribution in [0, 0.1) is 0 Å². The molecule has 0 aliphatic carbocycles. The van der Waals surface area contributed by atoms with Crippen LogP contribution in [-0.2, 0) is 0 Å². The van der Waals surface area contributed by atoms with Crippen LogP contribution in [0.25, 0.3) is 5.69 Å². The van der Waals surface area contributed by atoms with Gasteiger partial charge in [-0.15, -0.1) is 0 Å². The standard InChI is InChI=1S/C13H17N3/c1-3-10(2)11-4-6-12(7-5-11)16-9-8-13(14)15-16/h4-10H,3H2,1-2H3,(H2,14,15). The Morgan fingerprint density at radius 1 is 1.25 bits per heavy atom. The van der Waals surface area contributed by atoms with Crippen LogP contribution in [0.5, 0.6) is 0 Å². The SMILES string of the molecule is CCC(C)c1ccc(-n2ccc(N)n2)cc1. The van der Waals surface area contributed by atoms with E-state index in [9.17, 15) is 0 Å². The molecule has 1 unspecified atom stereocenters. The molecule has 2 rings (SSSR count). The quantitative estimate of drug-likeness (QED) is 0.855. The Bertz CT molecular complexity index is 456. The van der Waals surface area contributed by atoms with Crippen LogP contribution in [0.4, 0.5) is 5.82 Å². The van der Waals surface area contributed by atoms with Gasteiger partial charge in [0.25, 0.3) is 0 Å². The molecule has 0 radical (unpaired) electrons. The van der Waals surface area contributed by atoms with Crippen molar-refractivity contribution in [2.24, 2.45) is 0 Å². The molecule has 0 fully saturated rings. The minimum absolute atomic E-state index is 0.547. The molecule has 84 valence electrons. The Kier molecular flexibility index (Phi) is 2.95. The zero-order valence-corrected chi connectivity index (χ0v) is 9.72. The van der Waals surface area contributed by atoms with Crippen LogP contribution in [0.3, 0.4) is 0 Å². The van der Waals surface area contributed by atoms with Gasteiger partial charge in [-0.3, -0.25) is 0 Å². The Morgan fingerprint density at radius 3 is 2.44 bits per heavy atom.